The van der Waals surface area contributed by atoms with Crippen LogP contribution in [0.15, 0.2) is 65.7 Å². The van der Waals surface area contributed by atoms with E-state index in [0.717, 1.165) is 12.0 Å². The largest absolute Gasteiger partial charge is 0.463 e. The van der Waals surface area contributed by atoms with Gasteiger partial charge in [-0.25, -0.2) is 9.79 Å². The van der Waals surface area contributed by atoms with E-state index in [2.05, 4.69) is 12.1 Å². The average Bonchev–Trinajstić information content (AvgIpc) is 2.96. The Morgan fingerprint density at radius 3 is 2.39 bits per heavy atom. The first-order valence-electron chi connectivity index (χ1n) is 9.67. The molecule has 0 aliphatic carbocycles. The molecule has 1 fully saturated rings. The van der Waals surface area contributed by atoms with E-state index in [9.17, 15) is 4.79 Å². The summed E-state index contributed by atoms with van der Waals surface area (Å²) in [6, 6.07) is 20.1. The van der Waals surface area contributed by atoms with Crippen LogP contribution in [0.5, 0.6) is 0 Å². The van der Waals surface area contributed by atoms with Crippen molar-refractivity contribution < 1.29 is 19.0 Å². The van der Waals surface area contributed by atoms with Crippen molar-refractivity contribution in [3.63, 3.8) is 0 Å². The van der Waals surface area contributed by atoms with Crippen molar-refractivity contribution in [3.8, 4) is 0 Å². The van der Waals surface area contributed by atoms with Crippen LogP contribution in [0.2, 0.25) is 0 Å². The second kappa shape index (κ2) is 7.76. The zero-order valence-electron chi connectivity index (χ0n) is 16.2. The Morgan fingerprint density at radius 2 is 1.75 bits per heavy atom. The smallest absolute Gasteiger partial charge is 0.336 e. The van der Waals surface area contributed by atoms with Crippen LogP contribution in [0, 0.1) is 5.41 Å². The highest BCUT2D eigenvalue weighted by atomic mass is 16.7. The van der Waals surface area contributed by atoms with E-state index in [1.165, 1.54) is 5.56 Å². The summed E-state index contributed by atoms with van der Waals surface area (Å²) in [4.78, 5) is 17.0. The first-order valence-corrected chi connectivity index (χ1v) is 9.67. The Bertz CT molecular complexity index is 847. The van der Waals surface area contributed by atoms with Gasteiger partial charge in [-0.15, -0.1) is 0 Å². The lowest BCUT2D eigenvalue weighted by Crippen LogP contribution is -2.41. The molecule has 28 heavy (non-hydrogen) atoms. The third-order valence-corrected chi connectivity index (χ3v) is 5.14. The summed E-state index contributed by atoms with van der Waals surface area (Å²) in [5.74, 6) is 0.235. The van der Waals surface area contributed by atoms with Crippen molar-refractivity contribution in [2.45, 2.75) is 45.1 Å². The van der Waals surface area contributed by atoms with E-state index in [-0.39, 0.29) is 17.4 Å². The van der Waals surface area contributed by atoms with Crippen molar-refractivity contribution in [2.75, 3.05) is 6.61 Å². The monoisotopic (exact) mass is 379 g/mol. The molecule has 0 unspecified atom stereocenters. The van der Waals surface area contributed by atoms with Crippen molar-refractivity contribution in [2.24, 2.45) is 10.4 Å². The Morgan fingerprint density at radius 1 is 1.07 bits per heavy atom. The van der Waals surface area contributed by atoms with Crippen LogP contribution in [0.3, 0.4) is 0 Å². The number of rotatable bonds is 5. The van der Waals surface area contributed by atoms with Crippen LogP contribution in [0.1, 0.15) is 31.4 Å². The molecule has 0 spiro atoms. The van der Waals surface area contributed by atoms with E-state index in [1.54, 1.807) is 0 Å². The standard InChI is InChI=1S/C23H25NO4/c1-23(2)15-26-22(25)20(23)27-19-14-18(13-16-9-5-3-6-10-16)24-21(28-19)17-11-7-4-8-12-17/h3-12,18-20H,13-15H2,1-2H3/t18-,19+,20-/m0/s1. The summed E-state index contributed by atoms with van der Waals surface area (Å²) >= 11 is 0. The molecule has 1 saturated heterocycles. The maximum absolute atomic E-state index is 12.2. The molecule has 146 valence electrons. The Balaban J connectivity index is 1.56. The van der Waals surface area contributed by atoms with Crippen molar-refractivity contribution in [1.82, 2.24) is 0 Å². The molecular weight excluding hydrogens is 354 g/mol. The predicted octanol–water partition coefficient (Wildman–Crippen LogP) is 3.76. The molecule has 0 radical (unpaired) electrons. The number of hydrogen-bond acceptors (Lipinski definition) is 5. The minimum atomic E-state index is -0.634. The van der Waals surface area contributed by atoms with Gasteiger partial charge in [0.1, 0.15) is 0 Å². The number of esters is 1. The number of ether oxygens (including phenoxy) is 3. The molecule has 5 nitrogen and oxygen atoms in total. The molecule has 2 heterocycles. The van der Waals surface area contributed by atoms with Gasteiger partial charge in [0.05, 0.1) is 12.6 Å². The first-order chi connectivity index (χ1) is 13.5. The van der Waals surface area contributed by atoms with Gasteiger partial charge in [0.15, 0.2) is 6.10 Å². The topological polar surface area (TPSA) is 57.1 Å². The fourth-order valence-corrected chi connectivity index (χ4v) is 3.58. The second-order valence-corrected chi connectivity index (χ2v) is 8.04. The number of aliphatic imine (C=N–C) groups is 1. The summed E-state index contributed by atoms with van der Waals surface area (Å²) in [6.45, 7) is 4.30. The van der Waals surface area contributed by atoms with Gasteiger partial charge in [-0.2, -0.15) is 0 Å². The minimum absolute atomic E-state index is 0.0110. The van der Waals surface area contributed by atoms with Crippen LogP contribution < -0.4 is 0 Å². The zero-order chi connectivity index (χ0) is 19.6. The summed E-state index contributed by atoms with van der Waals surface area (Å²) in [7, 11) is 0. The molecule has 0 aromatic heterocycles. The van der Waals surface area contributed by atoms with E-state index in [0.29, 0.717) is 18.9 Å². The summed E-state index contributed by atoms with van der Waals surface area (Å²) in [5, 5.41) is 0. The van der Waals surface area contributed by atoms with E-state index in [1.807, 2.05) is 62.4 Å². The van der Waals surface area contributed by atoms with Crippen LogP contribution in [-0.2, 0) is 25.4 Å². The van der Waals surface area contributed by atoms with Gasteiger partial charge in [0.2, 0.25) is 12.2 Å². The maximum Gasteiger partial charge on any atom is 0.336 e. The Hall–Kier alpha value is -2.66. The minimum Gasteiger partial charge on any atom is -0.463 e. The average molecular weight is 379 g/mol. The van der Waals surface area contributed by atoms with Crippen LogP contribution >= 0.6 is 0 Å². The molecule has 2 aromatic carbocycles. The normalized spacial score (nSPS) is 26.3. The van der Waals surface area contributed by atoms with Crippen molar-refractivity contribution in [1.29, 1.82) is 0 Å². The Labute approximate surface area is 165 Å². The van der Waals surface area contributed by atoms with Gasteiger partial charge >= 0.3 is 5.97 Å². The summed E-state index contributed by atoms with van der Waals surface area (Å²) in [6.07, 6.45) is 0.200. The lowest BCUT2D eigenvalue weighted by molar-refractivity contribution is -0.175. The number of hydrogen-bond donors (Lipinski definition) is 0. The molecule has 0 bridgehead atoms. The van der Waals surface area contributed by atoms with E-state index >= 15 is 0 Å². The number of cyclic esters (lactones) is 1. The number of benzene rings is 2. The highest BCUT2D eigenvalue weighted by Gasteiger charge is 2.46. The lowest BCUT2D eigenvalue weighted by Gasteiger charge is -2.32. The van der Waals surface area contributed by atoms with Crippen LogP contribution in [-0.4, -0.2) is 36.9 Å². The molecule has 0 saturated carbocycles. The SMILES string of the molecule is CC1(C)COC(=O)[C@@H]1O[C@H]1C[C@H](Cc2ccccc2)N=C(c2ccccc2)O1. The number of carbonyl (C=O) groups is 1. The van der Waals surface area contributed by atoms with Crippen molar-refractivity contribution in [3.05, 3.63) is 71.8 Å². The third kappa shape index (κ3) is 4.09. The molecule has 2 aliphatic rings. The van der Waals surface area contributed by atoms with Gasteiger partial charge in [-0.1, -0.05) is 62.4 Å². The van der Waals surface area contributed by atoms with Gasteiger partial charge < -0.3 is 14.2 Å². The summed E-state index contributed by atoms with van der Waals surface area (Å²) < 4.78 is 17.4. The fraction of sp³-hybridized carbons (Fsp3) is 0.391. The molecular formula is C23H25NO4. The highest BCUT2D eigenvalue weighted by Crippen LogP contribution is 2.33. The maximum atomic E-state index is 12.2. The fourth-order valence-electron chi connectivity index (χ4n) is 3.58. The van der Waals surface area contributed by atoms with Crippen LogP contribution in [0.4, 0.5) is 0 Å². The van der Waals surface area contributed by atoms with Gasteiger partial charge in [-0.05, 0) is 24.1 Å². The molecule has 2 aromatic rings. The molecule has 4 rings (SSSR count). The van der Waals surface area contributed by atoms with Gasteiger partial charge in [0.25, 0.3) is 0 Å². The van der Waals surface area contributed by atoms with E-state index in [4.69, 9.17) is 19.2 Å². The molecule has 5 heteroatoms. The molecule has 0 N–H and O–H groups in total. The predicted molar refractivity (Wildman–Crippen MR) is 106 cm³/mol. The highest BCUT2D eigenvalue weighted by molar-refractivity contribution is 5.94. The lowest BCUT2D eigenvalue weighted by atomic mass is 9.89. The van der Waals surface area contributed by atoms with E-state index < -0.39 is 12.4 Å². The quantitative estimate of drug-likeness (QED) is 0.743. The summed E-state index contributed by atoms with van der Waals surface area (Å²) in [5.41, 5.74) is 1.74. The number of nitrogens with zero attached hydrogens (tertiary/aromatic N) is 1. The zero-order valence-corrected chi connectivity index (χ0v) is 16.2. The third-order valence-electron chi connectivity index (χ3n) is 5.14. The van der Waals surface area contributed by atoms with Crippen LogP contribution in [0.25, 0.3) is 0 Å². The molecule has 2 aliphatic heterocycles. The van der Waals surface area contributed by atoms with Gasteiger partial charge in [0, 0.05) is 17.4 Å². The van der Waals surface area contributed by atoms with Crippen molar-refractivity contribution >= 4 is 11.9 Å². The molecule has 3 atom stereocenters. The number of carbonyl (C=O) groups excluding carboxylic acids is 1. The molecule has 0 amide bonds. The first kappa shape index (κ1) is 18.7. The van der Waals surface area contributed by atoms with Gasteiger partial charge in [-0.3, -0.25) is 0 Å². The second-order valence-electron chi connectivity index (χ2n) is 8.04. The Kier molecular flexibility index (Phi) is 5.18.